The van der Waals surface area contributed by atoms with Crippen LogP contribution in [0.15, 0.2) is 53.4 Å². The number of nitrogens with one attached hydrogen (secondary N) is 1. The van der Waals surface area contributed by atoms with E-state index < -0.39 is 5.91 Å². The lowest BCUT2D eigenvalue weighted by Gasteiger charge is -2.12. The molecule has 6 heteroatoms. The Hall–Kier alpha value is -2.31. The molecule has 0 unspecified atom stereocenters. The highest BCUT2D eigenvalue weighted by Crippen LogP contribution is 2.22. The number of primary amides is 1. The largest absolute Gasteiger partial charge is 0.380 e. The summed E-state index contributed by atoms with van der Waals surface area (Å²) in [5.74, 6) is -0.459. The Balaban J connectivity index is 2.07. The molecule has 2 rings (SSSR count). The lowest BCUT2D eigenvalue weighted by atomic mass is 10.1. The Morgan fingerprint density at radius 3 is 2.46 bits per heavy atom. The number of amides is 2. The van der Waals surface area contributed by atoms with Crippen LogP contribution in [0.25, 0.3) is 0 Å². The molecule has 3 N–H and O–H groups in total. The molecule has 0 aliphatic carbocycles. The summed E-state index contributed by atoms with van der Waals surface area (Å²) in [6, 6.07) is 15.0. The maximum Gasteiger partial charge on any atom is 0.252 e. The number of rotatable bonds is 8. The third kappa shape index (κ3) is 5.11. The van der Waals surface area contributed by atoms with Gasteiger partial charge in [0.2, 0.25) is 5.91 Å². The van der Waals surface area contributed by atoms with Gasteiger partial charge in [0.1, 0.15) is 0 Å². The molecule has 2 aromatic carbocycles. The van der Waals surface area contributed by atoms with Crippen molar-refractivity contribution < 1.29 is 14.3 Å². The highest BCUT2D eigenvalue weighted by molar-refractivity contribution is 8.00. The van der Waals surface area contributed by atoms with Gasteiger partial charge >= 0.3 is 0 Å². The van der Waals surface area contributed by atoms with E-state index in [4.69, 9.17) is 10.5 Å². The van der Waals surface area contributed by atoms with Gasteiger partial charge in [-0.25, -0.2) is 0 Å². The number of carbonyl (C=O) groups is 2. The first kappa shape index (κ1) is 18.0. The molecule has 0 aromatic heterocycles. The van der Waals surface area contributed by atoms with Gasteiger partial charge in [0.25, 0.3) is 5.91 Å². The predicted octanol–water partition coefficient (Wildman–Crippen LogP) is 2.34. The number of methoxy groups -OCH3 is 1. The lowest BCUT2D eigenvalue weighted by molar-refractivity contribution is -0.115. The summed E-state index contributed by atoms with van der Waals surface area (Å²) in [6.07, 6.45) is 0. The molecular weight excluding hydrogens is 324 g/mol. The standard InChI is InChI=1S/C18H20N2O3S/c1-23-11-14-7-3-2-6-13(14)10-20-18(22)15-8-4-5-9-16(15)24-12-17(19)21/h2-9H,10-12H2,1H3,(H2,19,21)(H,20,22). The van der Waals surface area contributed by atoms with Crippen LogP contribution < -0.4 is 11.1 Å². The van der Waals surface area contributed by atoms with Gasteiger partial charge in [-0.3, -0.25) is 9.59 Å². The molecule has 0 atom stereocenters. The average Bonchev–Trinajstić information content (AvgIpc) is 2.59. The van der Waals surface area contributed by atoms with E-state index in [2.05, 4.69) is 5.32 Å². The SMILES string of the molecule is COCc1ccccc1CNC(=O)c1ccccc1SCC(N)=O. The number of nitrogens with two attached hydrogens (primary N) is 1. The highest BCUT2D eigenvalue weighted by Gasteiger charge is 2.12. The van der Waals surface area contributed by atoms with Crippen LogP contribution in [-0.4, -0.2) is 24.7 Å². The van der Waals surface area contributed by atoms with Crippen LogP contribution in [0.4, 0.5) is 0 Å². The van der Waals surface area contributed by atoms with Gasteiger partial charge in [0.15, 0.2) is 0 Å². The van der Waals surface area contributed by atoms with Crippen LogP contribution in [-0.2, 0) is 22.7 Å². The second-order valence-electron chi connectivity index (χ2n) is 5.14. The van der Waals surface area contributed by atoms with Crippen molar-refractivity contribution in [1.29, 1.82) is 0 Å². The molecule has 5 nitrogen and oxygen atoms in total. The molecule has 0 heterocycles. The molecule has 2 aromatic rings. The summed E-state index contributed by atoms with van der Waals surface area (Å²) in [5.41, 5.74) is 7.76. The summed E-state index contributed by atoms with van der Waals surface area (Å²) >= 11 is 1.26. The Morgan fingerprint density at radius 2 is 1.75 bits per heavy atom. The van der Waals surface area contributed by atoms with Crippen molar-refractivity contribution in [2.75, 3.05) is 12.9 Å². The number of benzene rings is 2. The monoisotopic (exact) mass is 344 g/mol. The van der Waals surface area contributed by atoms with Gasteiger partial charge in [0.05, 0.1) is 17.9 Å². The molecule has 2 amide bonds. The van der Waals surface area contributed by atoms with Gasteiger partial charge in [-0.2, -0.15) is 0 Å². The van der Waals surface area contributed by atoms with Crippen LogP contribution in [0.3, 0.4) is 0 Å². The van der Waals surface area contributed by atoms with Gasteiger partial charge < -0.3 is 15.8 Å². The zero-order chi connectivity index (χ0) is 17.4. The number of thioether (sulfide) groups is 1. The van der Waals surface area contributed by atoms with Crippen molar-refractivity contribution in [3.05, 3.63) is 65.2 Å². The number of ether oxygens (including phenoxy) is 1. The van der Waals surface area contributed by atoms with Crippen LogP contribution in [0.5, 0.6) is 0 Å². The number of hydrogen-bond donors (Lipinski definition) is 2. The summed E-state index contributed by atoms with van der Waals surface area (Å²) in [5, 5.41) is 2.92. The van der Waals surface area contributed by atoms with Crippen LogP contribution >= 0.6 is 11.8 Å². The van der Waals surface area contributed by atoms with Crippen molar-refractivity contribution in [3.8, 4) is 0 Å². The van der Waals surface area contributed by atoms with Crippen molar-refractivity contribution in [2.24, 2.45) is 5.73 Å². The van der Waals surface area contributed by atoms with Gasteiger partial charge in [-0.05, 0) is 23.3 Å². The van der Waals surface area contributed by atoms with E-state index >= 15 is 0 Å². The van der Waals surface area contributed by atoms with Crippen molar-refractivity contribution in [3.63, 3.8) is 0 Å². The second-order valence-corrected chi connectivity index (χ2v) is 6.15. The third-order valence-electron chi connectivity index (χ3n) is 3.36. The van der Waals surface area contributed by atoms with E-state index in [0.717, 1.165) is 16.0 Å². The quantitative estimate of drug-likeness (QED) is 0.720. The minimum atomic E-state index is -0.413. The fraction of sp³-hybridized carbons (Fsp3) is 0.222. The Labute approximate surface area is 145 Å². The normalized spacial score (nSPS) is 10.4. The molecule has 24 heavy (non-hydrogen) atoms. The summed E-state index contributed by atoms with van der Waals surface area (Å²) < 4.78 is 5.17. The molecule has 0 saturated carbocycles. The third-order valence-corrected chi connectivity index (χ3v) is 4.46. The Kier molecular flexibility index (Phi) is 6.84. The first-order chi connectivity index (χ1) is 11.6. The zero-order valence-corrected chi connectivity index (χ0v) is 14.3. The fourth-order valence-corrected chi connectivity index (χ4v) is 3.01. The van der Waals surface area contributed by atoms with Crippen LogP contribution in [0.2, 0.25) is 0 Å². The van der Waals surface area contributed by atoms with Gasteiger partial charge in [0, 0.05) is 18.6 Å². The number of carbonyl (C=O) groups excluding carboxylic acids is 2. The Bertz CT molecular complexity index is 719. The molecule has 0 saturated heterocycles. The summed E-state index contributed by atoms with van der Waals surface area (Å²) in [7, 11) is 1.64. The molecule has 0 bridgehead atoms. The molecule has 126 valence electrons. The lowest BCUT2D eigenvalue weighted by Crippen LogP contribution is -2.24. The second kappa shape index (κ2) is 9.10. The van der Waals surface area contributed by atoms with Crippen molar-refractivity contribution >= 4 is 23.6 Å². The van der Waals surface area contributed by atoms with E-state index in [0.29, 0.717) is 18.7 Å². The maximum absolute atomic E-state index is 12.5. The molecule has 0 aliphatic rings. The Morgan fingerprint density at radius 1 is 1.08 bits per heavy atom. The predicted molar refractivity (Wildman–Crippen MR) is 94.7 cm³/mol. The van der Waals surface area contributed by atoms with E-state index in [1.807, 2.05) is 30.3 Å². The summed E-state index contributed by atoms with van der Waals surface area (Å²) in [6.45, 7) is 0.907. The average molecular weight is 344 g/mol. The number of hydrogen-bond acceptors (Lipinski definition) is 4. The molecule has 0 aliphatic heterocycles. The molecule has 0 radical (unpaired) electrons. The molecule has 0 fully saturated rings. The maximum atomic E-state index is 12.5. The highest BCUT2D eigenvalue weighted by atomic mass is 32.2. The van der Waals surface area contributed by atoms with E-state index in [1.54, 1.807) is 25.3 Å². The molecule has 0 spiro atoms. The van der Waals surface area contributed by atoms with Crippen LogP contribution in [0.1, 0.15) is 21.5 Å². The smallest absolute Gasteiger partial charge is 0.252 e. The first-order valence-electron chi connectivity index (χ1n) is 7.46. The minimum Gasteiger partial charge on any atom is -0.380 e. The van der Waals surface area contributed by atoms with Gasteiger partial charge in [-0.1, -0.05) is 36.4 Å². The zero-order valence-electron chi connectivity index (χ0n) is 13.5. The van der Waals surface area contributed by atoms with Crippen molar-refractivity contribution in [1.82, 2.24) is 5.32 Å². The topological polar surface area (TPSA) is 81.4 Å². The van der Waals surface area contributed by atoms with E-state index in [9.17, 15) is 9.59 Å². The van der Waals surface area contributed by atoms with Crippen LogP contribution in [0, 0.1) is 0 Å². The van der Waals surface area contributed by atoms with Crippen molar-refractivity contribution in [2.45, 2.75) is 18.0 Å². The van der Waals surface area contributed by atoms with E-state index in [-0.39, 0.29) is 11.7 Å². The van der Waals surface area contributed by atoms with E-state index in [1.165, 1.54) is 11.8 Å². The summed E-state index contributed by atoms with van der Waals surface area (Å²) in [4.78, 5) is 24.2. The van der Waals surface area contributed by atoms with Gasteiger partial charge in [-0.15, -0.1) is 11.8 Å². The minimum absolute atomic E-state index is 0.140. The first-order valence-corrected chi connectivity index (χ1v) is 8.44. The molecular formula is C18H20N2O3S. The fourth-order valence-electron chi connectivity index (χ4n) is 2.23.